The Morgan fingerprint density at radius 1 is 1.25 bits per heavy atom. The molecule has 3 heterocycles. The van der Waals surface area contributed by atoms with E-state index in [1.807, 2.05) is 10.9 Å². The highest BCUT2D eigenvalue weighted by atomic mass is 16.5. The van der Waals surface area contributed by atoms with Crippen LogP contribution >= 0.6 is 0 Å². The Hall–Kier alpha value is -1.55. The number of nitrogens with one attached hydrogen (secondary N) is 1. The zero-order valence-corrected chi connectivity index (χ0v) is 16.3. The van der Waals surface area contributed by atoms with Crippen LogP contribution in [-0.4, -0.2) is 88.6 Å². The minimum Gasteiger partial charge on any atom is -0.394 e. The lowest BCUT2D eigenvalue weighted by Crippen LogP contribution is -2.53. The van der Waals surface area contributed by atoms with Crippen molar-refractivity contribution in [3.63, 3.8) is 0 Å². The lowest BCUT2D eigenvalue weighted by Gasteiger charge is -2.36. The normalized spacial score (nSPS) is 29.0. The number of rotatable bonds is 8. The molecular formula is C19H31N5O4. The van der Waals surface area contributed by atoms with Crippen LogP contribution in [0.2, 0.25) is 0 Å². The van der Waals surface area contributed by atoms with Gasteiger partial charge in [0, 0.05) is 31.7 Å². The van der Waals surface area contributed by atoms with E-state index < -0.39 is 0 Å². The second-order valence-electron chi connectivity index (χ2n) is 8.09. The molecule has 2 saturated heterocycles. The summed E-state index contributed by atoms with van der Waals surface area (Å²) in [6, 6.07) is -0.136. The maximum atomic E-state index is 12.3. The molecular weight excluding hydrogens is 362 g/mol. The fraction of sp³-hybridized carbons (Fsp3) is 0.842. The zero-order valence-electron chi connectivity index (χ0n) is 16.3. The summed E-state index contributed by atoms with van der Waals surface area (Å²) in [7, 11) is 0. The van der Waals surface area contributed by atoms with E-state index in [1.165, 1.54) is 12.8 Å². The van der Waals surface area contributed by atoms with Crippen LogP contribution < -0.4 is 5.32 Å². The van der Waals surface area contributed by atoms with Crippen molar-refractivity contribution in [3.05, 3.63) is 11.9 Å². The molecule has 1 aromatic rings. The van der Waals surface area contributed by atoms with E-state index in [-0.39, 0.29) is 30.8 Å². The van der Waals surface area contributed by atoms with E-state index >= 15 is 0 Å². The second kappa shape index (κ2) is 9.30. The molecule has 9 heteroatoms. The molecule has 1 amide bonds. The molecule has 0 unspecified atom stereocenters. The maximum absolute atomic E-state index is 12.3. The molecule has 28 heavy (non-hydrogen) atoms. The average Bonchev–Trinajstić information content (AvgIpc) is 3.46. The third kappa shape index (κ3) is 5.28. The molecule has 0 radical (unpaired) electrons. The number of hydrogen-bond donors (Lipinski definition) is 2. The summed E-state index contributed by atoms with van der Waals surface area (Å²) in [5, 5.41) is 21.2. The van der Waals surface area contributed by atoms with Gasteiger partial charge >= 0.3 is 0 Å². The summed E-state index contributed by atoms with van der Waals surface area (Å²) < 4.78 is 13.3. The average molecular weight is 393 g/mol. The SMILES string of the molecule is O=C(CN1CCOCC1)N[C@@H]1CC[C@H](CCn2cc(C3CC3)nn2)O[C@H]1CO. The fourth-order valence-corrected chi connectivity index (χ4v) is 3.99. The molecule has 1 aromatic heterocycles. The predicted molar refractivity (Wildman–Crippen MR) is 101 cm³/mol. The van der Waals surface area contributed by atoms with Gasteiger partial charge in [-0.1, -0.05) is 5.21 Å². The quantitative estimate of drug-likeness (QED) is 0.636. The summed E-state index contributed by atoms with van der Waals surface area (Å²) in [4.78, 5) is 14.4. The first kappa shape index (κ1) is 19.8. The van der Waals surface area contributed by atoms with Crippen LogP contribution in [0, 0.1) is 0 Å². The Kier molecular flexibility index (Phi) is 6.56. The molecule has 2 aliphatic heterocycles. The number of aliphatic hydroxyl groups excluding tert-OH is 1. The molecule has 4 rings (SSSR count). The first-order chi connectivity index (χ1) is 13.7. The highest BCUT2D eigenvalue weighted by Crippen LogP contribution is 2.38. The molecule has 2 N–H and O–H groups in total. The topological polar surface area (TPSA) is 102 Å². The van der Waals surface area contributed by atoms with Gasteiger partial charge in [0.05, 0.1) is 44.2 Å². The van der Waals surface area contributed by atoms with Crippen molar-refractivity contribution < 1.29 is 19.4 Å². The third-order valence-electron chi connectivity index (χ3n) is 5.85. The summed E-state index contributed by atoms with van der Waals surface area (Å²) in [6.07, 6.45) is 6.71. The summed E-state index contributed by atoms with van der Waals surface area (Å²) in [6.45, 7) is 3.96. The van der Waals surface area contributed by atoms with E-state index in [1.54, 1.807) is 0 Å². The summed E-state index contributed by atoms with van der Waals surface area (Å²) in [5.41, 5.74) is 1.10. The van der Waals surface area contributed by atoms with E-state index in [9.17, 15) is 9.90 Å². The first-order valence-corrected chi connectivity index (χ1v) is 10.5. The van der Waals surface area contributed by atoms with Crippen LogP contribution in [0.1, 0.15) is 43.7 Å². The lowest BCUT2D eigenvalue weighted by molar-refractivity contribution is -0.130. The van der Waals surface area contributed by atoms with Crippen molar-refractivity contribution in [1.29, 1.82) is 0 Å². The van der Waals surface area contributed by atoms with Crippen molar-refractivity contribution >= 4 is 5.91 Å². The number of aryl methyl sites for hydroxylation is 1. The van der Waals surface area contributed by atoms with E-state index in [4.69, 9.17) is 9.47 Å². The summed E-state index contributed by atoms with van der Waals surface area (Å²) in [5.74, 6) is 0.600. The van der Waals surface area contributed by atoms with Crippen molar-refractivity contribution in [1.82, 2.24) is 25.2 Å². The highest BCUT2D eigenvalue weighted by molar-refractivity contribution is 5.78. The minimum atomic E-state index is -0.356. The summed E-state index contributed by atoms with van der Waals surface area (Å²) >= 11 is 0. The Morgan fingerprint density at radius 3 is 2.82 bits per heavy atom. The predicted octanol–water partition coefficient (Wildman–Crippen LogP) is -0.0975. The number of carbonyl (C=O) groups excluding carboxylic acids is 1. The van der Waals surface area contributed by atoms with Gasteiger partial charge < -0.3 is 19.9 Å². The van der Waals surface area contributed by atoms with E-state index in [2.05, 4.69) is 20.5 Å². The van der Waals surface area contributed by atoms with Gasteiger partial charge in [0.2, 0.25) is 5.91 Å². The molecule has 0 spiro atoms. The lowest BCUT2D eigenvalue weighted by atomic mass is 9.97. The molecule has 3 fully saturated rings. The number of aliphatic hydroxyl groups is 1. The van der Waals surface area contributed by atoms with Crippen LogP contribution in [0.25, 0.3) is 0 Å². The number of morpholine rings is 1. The van der Waals surface area contributed by atoms with Crippen LogP contribution in [0.15, 0.2) is 6.20 Å². The Morgan fingerprint density at radius 2 is 2.07 bits per heavy atom. The van der Waals surface area contributed by atoms with Gasteiger partial charge in [0.25, 0.3) is 0 Å². The monoisotopic (exact) mass is 393 g/mol. The maximum Gasteiger partial charge on any atom is 0.234 e. The number of amides is 1. The van der Waals surface area contributed by atoms with Gasteiger partial charge in [-0.3, -0.25) is 14.4 Å². The number of ether oxygens (including phenoxy) is 2. The Bertz CT molecular complexity index is 644. The van der Waals surface area contributed by atoms with Crippen molar-refractivity contribution in [3.8, 4) is 0 Å². The van der Waals surface area contributed by atoms with E-state index in [0.29, 0.717) is 25.7 Å². The standard InChI is InChI=1S/C19H31N5O4/c25-13-18-16(20-19(26)12-23-7-9-27-10-8-23)4-3-15(28-18)5-6-24-11-17(21-22-24)14-1-2-14/h11,14-16,18,25H,1-10,12-13H2,(H,20,26)/t15-,16-,18+/m1/s1. The molecule has 1 saturated carbocycles. The highest BCUT2D eigenvalue weighted by Gasteiger charge is 2.32. The fourth-order valence-electron chi connectivity index (χ4n) is 3.99. The van der Waals surface area contributed by atoms with E-state index in [0.717, 1.165) is 44.6 Å². The number of aromatic nitrogens is 3. The minimum absolute atomic E-state index is 0.0115. The Balaban J connectivity index is 1.20. The molecule has 156 valence electrons. The molecule has 0 aromatic carbocycles. The van der Waals surface area contributed by atoms with Crippen LogP contribution in [0.5, 0.6) is 0 Å². The van der Waals surface area contributed by atoms with Crippen LogP contribution in [-0.2, 0) is 20.8 Å². The van der Waals surface area contributed by atoms with Crippen molar-refractivity contribution in [2.24, 2.45) is 0 Å². The van der Waals surface area contributed by atoms with Crippen LogP contribution in [0.4, 0.5) is 0 Å². The van der Waals surface area contributed by atoms with Gasteiger partial charge in [0.1, 0.15) is 6.10 Å². The Labute approximate surface area is 165 Å². The molecule has 9 nitrogen and oxygen atoms in total. The third-order valence-corrected chi connectivity index (χ3v) is 5.85. The van der Waals surface area contributed by atoms with Crippen LogP contribution in [0.3, 0.4) is 0 Å². The smallest absolute Gasteiger partial charge is 0.234 e. The number of nitrogens with zero attached hydrogens (tertiary/aromatic N) is 4. The van der Waals surface area contributed by atoms with Gasteiger partial charge in [-0.25, -0.2) is 0 Å². The number of hydrogen-bond acceptors (Lipinski definition) is 7. The second-order valence-corrected chi connectivity index (χ2v) is 8.09. The molecule has 1 aliphatic carbocycles. The van der Waals surface area contributed by atoms with Gasteiger partial charge in [-0.15, -0.1) is 5.10 Å². The van der Waals surface area contributed by atoms with Gasteiger partial charge in [-0.05, 0) is 32.1 Å². The first-order valence-electron chi connectivity index (χ1n) is 10.5. The molecule has 3 aliphatic rings. The van der Waals surface area contributed by atoms with Gasteiger partial charge in [-0.2, -0.15) is 0 Å². The molecule has 0 bridgehead atoms. The zero-order chi connectivity index (χ0) is 19.3. The largest absolute Gasteiger partial charge is 0.394 e. The van der Waals surface area contributed by atoms with Gasteiger partial charge in [0.15, 0.2) is 0 Å². The van der Waals surface area contributed by atoms with Crippen molar-refractivity contribution in [2.45, 2.75) is 62.8 Å². The molecule has 3 atom stereocenters. The van der Waals surface area contributed by atoms with Crippen molar-refractivity contribution in [2.75, 3.05) is 39.5 Å². The number of carbonyl (C=O) groups is 1.